The minimum Gasteiger partial charge on any atom is -0.349 e. The van der Waals surface area contributed by atoms with Crippen molar-refractivity contribution in [1.82, 2.24) is 4.90 Å². The average Bonchev–Trinajstić information content (AvgIpc) is 2.25. The second kappa shape index (κ2) is 2.74. The van der Waals surface area contributed by atoms with E-state index in [2.05, 4.69) is 30.9 Å². The molecule has 2 heterocycles. The van der Waals surface area contributed by atoms with Crippen molar-refractivity contribution in [2.45, 2.75) is 31.1 Å². The van der Waals surface area contributed by atoms with Crippen molar-refractivity contribution in [3.05, 3.63) is 12.2 Å². The zero-order valence-corrected chi connectivity index (χ0v) is 9.04. The van der Waals surface area contributed by atoms with E-state index in [0.29, 0.717) is 10.8 Å². The molecule has 0 aromatic heterocycles. The van der Waals surface area contributed by atoms with E-state index >= 15 is 0 Å². The molecule has 1 unspecified atom stereocenters. The van der Waals surface area contributed by atoms with Crippen LogP contribution in [0.1, 0.15) is 20.3 Å². The predicted octanol–water partition coefficient (Wildman–Crippen LogP) is 2.43. The van der Waals surface area contributed by atoms with Gasteiger partial charge in [0, 0.05) is 17.3 Å². The van der Waals surface area contributed by atoms with Crippen LogP contribution in [-0.2, 0) is 0 Å². The Bertz CT molecular complexity index is 245. The van der Waals surface area contributed by atoms with Gasteiger partial charge in [-0.25, -0.2) is 0 Å². The third-order valence-corrected chi connectivity index (χ3v) is 4.28. The van der Waals surface area contributed by atoms with Gasteiger partial charge in [-0.3, -0.25) is 0 Å². The third kappa shape index (κ3) is 1.19. The molecule has 2 rings (SSSR count). The molecule has 2 aliphatic rings. The van der Waals surface area contributed by atoms with Gasteiger partial charge in [-0.05, 0) is 20.3 Å². The summed E-state index contributed by atoms with van der Waals surface area (Å²) in [5.41, 5.74) is 0. The minimum atomic E-state index is 0.307. The number of thioether (sulfide) groups is 1. The smallest absolute Gasteiger partial charge is 0.137 e. The fourth-order valence-electron chi connectivity index (χ4n) is 1.88. The summed E-state index contributed by atoms with van der Waals surface area (Å²) < 4.78 is 1.39. The SMILES string of the molecule is CC1(C)SC(=S)N2CC=CCC21. The summed E-state index contributed by atoms with van der Waals surface area (Å²) in [5.74, 6) is 0. The lowest BCUT2D eigenvalue weighted by atomic mass is 9.96. The van der Waals surface area contributed by atoms with E-state index in [1.54, 1.807) is 0 Å². The Balaban J connectivity index is 2.29. The van der Waals surface area contributed by atoms with Crippen LogP contribution in [0.5, 0.6) is 0 Å². The minimum absolute atomic E-state index is 0.307. The van der Waals surface area contributed by atoms with E-state index in [1.807, 2.05) is 11.8 Å². The van der Waals surface area contributed by atoms with Crippen LogP contribution in [0.2, 0.25) is 0 Å². The summed E-state index contributed by atoms with van der Waals surface area (Å²) in [5, 5.41) is 0. The van der Waals surface area contributed by atoms with Crippen LogP contribution in [0.4, 0.5) is 0 Å². The molecule has 0 saturated carbocycles. The van der Waals surface area contributed by atoms with Gasteiger partial charge in [-0.1, -0.05) is 36.1 Å². The topological polar surface area (TPSA) is 3.24 Å². The van der Waals surface area contributed by atoms with Gasteiger partial charge in [0.15, 0.2) is 0 Å². The molecule has 1 atom stereocenters. The number of fused-ring (bicyclic) bond motifs is 1. The van der Waals surface area contributed by atoms with Crippen molar-refractivity contribution in [3.8, 4) is 0 Å². The molecule has 0 aliphatic carbocycles. The molecule has 1 saturated heterocycles. The quantitative estimate of drug-likeness (QED) is 0.436. The number of hydrogen-bond donors (Lipinski definition) is 0. The Kier molecular flexibility index (Phi) is 1.96. The first-order valence-electron chi connectivity index (χ1n) is 4.26. The highest BCUT2D eigenvalue weighted by Crippen LogP contribution is 2.43. The molecule has 0 N–H and O–H groups in total. The van der Waals surface area contributed by atoms with Crippen molar-refractivity contribution in [2.24, 2.45) is 0 Å². The molecule has 2 aliphatic heterocycles. The summed E-state index contributed by atoms with van der Waals surface area (Å²) in [6.07, 6.45) is 5.64. The van der Waals surface area contributed by atoms with Crippen molar-refractivity contribution in [3.63, 3.8) is 0 Å². The highest BCUT2D eigenvalue weighted by atomic mass is 32.2. The van der Waals surface area contributed by atoms with Crippen LogP contribution in [0.25, 0.3) is 0 Å². The van der Waals surface area contributed by atoms with Gasteiger partial charge in [0.2, 0.25) is 0 Å². The second-order valence-corrected chi connectivity index (χ2v) is 6.13. The van der Waals surface area contributed by atoms with Gasteiger partial charge < -0.3 is 4.90 Å². The monoisotopic (exact) mass is 199 g/mol. The van der Waals surface area contributed by atoms with Gasteiger partial charge >= 0.3 is 0 Å². The first-order chi connectivity index (χ1) is 5.61. The van der Waals surface area contributed by atoms with Crippen LogP contribution in [0.15, 0.2) is 12.2 Å². The number of nitrogens with zero attached hydrogens (tertiary/aromatic N) is 1. The third-order valence-electron chi connectivity index (χ3n) is 2.59. The molecule has 0 radical (unpaired) electrons. The van der Waals surface area contributed by atoms with Gasteiger partial charge in [-0.15, -0.1) is 0 Å². The Hall–Kier alpha value is -0.0200. The van der Waals surface area contributed by atoms with Gasteiger partial charge in [0.1, 0.15) is 4.32 Å². The van der Waals surface area contributed by atoms with Crippen molar-refractivity contribution < 1.29 is 0 Å². The summed E-state index contributed by atoms with van der Waals surface area (Å²) >= 11 is 7.17. The second-order valence-electron chi connectivity index (χ2n) is 3.85. The van der Waals surface area contributed by atoms with Gasteiger partial charge in [0.05, 0.1) is 0 Å². The molecule has 0 aromatic rings. The molecule has 66 valence electrons. The summed E-state index contributed by atoms with van der Waals surface area (Å²) in [6.45, 7) is 5.58. The molecular weight excluding hydrogens is 186 g/mol. The normalized spacial score (nSPS) is 32.3. The van der Waals surface area contributed by atoms with E-state index in [-0.39, 0.29) is 0 Å². The molecule has 0 aromatic carbocycles. The van der Waals surface area contributed by atoms with E-state index in [9.17, 15) is 0 Å². The first kappa shape index (κ1) is 8.57. The zero-order valence-electron chi connectivity index (χ0n) is 7.41. The summed E-state index contributed by atoms with van der Waals surface area (Å²) in [7, 11) is 0. The van der Waals surface area contributed by atoms with Gasteiger partial charge in [0.25, 0.3) is 0 Å². The summed E-state index contributed by atoms with van der Waals surface area (Å²) in [4.78, 5) is 2.35. The Morgan fingerprint density at radius 1 is 1.58 bits per heavy atom. The van der Waals surface area contributed by atoms with Crippen LogP contribution >= 0.6 is 24.0 Å². The zero-order chi connectivity index (χ0) is 8.77. The summed E-state index contributed by atoms with van der Waals surface area (Å²) in [6, 6.07) is 0.625. The highest BCUT2D eigenvalue weighted by Gasteiger charge is 2.43. The Labute approximate surface area is 83.2 Å². The maximum Gasteiger partial charge on any atom is 0.137 e. The lowest BCUT2D eigenvalue weighted by Crippen LogP contribution is -2.42. The number of thiocarbonyl (C=S) groups is 1. The number of hydrogen-bond acceptors (Lipinski definition) is 2. The maximum absolute atomic E-state index is 5.32. The fraction of sp³-hybridized carbons (Fsp3) is 0.667. The molecule has 0 amide bonds. The largest absolute Gasteiger partial charge is 0.349 e. The van der Waals surface area contributed by atoms with E-state index in [1.165, 1.54) is 0 Å². The average molecular weight is 199 g/mol. The standard InChI is InChI=1S/C9H13NS2/c1-9(2)7-5-3-4-6-10(7)8(11)12-9/h3-4,7H,5-6H2,1-2H3. The van der Waals surface area contributed by atoms with Crippen LogP contribution in [-0.4, -0.2) is 26.6 Å². The van der Waals surface area contributed by atoms with Gasteiger partial charge in [-0.2, -0.15) is 0 Å². The molecule has 1 fully saturated rings. The van der Waals surface area contributed by atoms with E-state index in [4.69, 9.17) is 12.2 Å². The highest BCUT2D eigenvalue weighted by molar-refractivity contribution is 8.24. The molecule has 1 nitrogen and oxygen atoms in total. The first-order valence-corrected chi connectivity index (χ1v) is 5.48. The van der Waals surface area contributed by atoms with Crippen LogP contribution in [0.3, 0.4) is 0 Å². The van der Waals surface area contributed by atoms with Crippen molar-refractivity contribution in [1.29, 1.82) is 0 Å². The number of rotatable bonds is 0. The van der Waals surface area contributed by atoms with E-state index < -0.39 is 0 Å². The molecule has 0 bridgehead atoms. The van der Waals surface area contributed by atoms with Crippen LogP contribution in [0, 0.1) is 0 Å². The molecule has 12 heavy (non-hydrogen) atoms. The van der Waals surface area contributed by atoms with Crippen molar-refractivity contribution >= 4 is 28.3 Å². The lowest BCUT2D eigenvalue weighted by Gasteiger charge is -2.32. The lowest BCUT2D eigenvalue weighted by molar-refractivity contribution is 0.301. The predicted molar refractivity (Wildman–Crippen MR) is 58.5 cm³/mol. The molecular formula is C9H13NS2. The Morgan fingerprint density at radius 3 is 3.00 bits per heavy atom. The van der Waals surface area contributed by atoms with E-state index in [0.717, 1.165) is 17.3 Å². The molecule has 0 spiro atoms. The maximum atomic E-state index is 5.32. The molecule has 3 heteroatoms. The van der Waals surface area contributed by atoms with Crippen LogP contribution < -0.4 is 0 Å². The Morgan fingerprint density at radius 2 is 2.33 bits per heavy atom. The van der Waals surface area contributed by atoms with Crippen molar-refractivity contribution in [2.75, 3.05) is 6.54 Å². The fourth-order valence-corrected chi connectivity index (χ4v) is 3.85.